The average molecular weight is 202 g/mol. The fourth-order valence-electron chi connectivity index (χ4n) is 2.00. The summed E-state index contributed by atoms with van der Waals surface area (Å²) in [6.07, 6.45) is 4.58. The van der Waals surface area contributed by atoms with Crippen LogP contribution in [0.5, 0.6) is 0 Å². The molecule has 74 valence electrons. The first kappa shape index (κ1) is 9.50. The van der Waals surface area contributed by atoms with E-state index in [2.05, 4.69) is 11.4 Å². The van der Waals surface area contributed by atoms with E-state index >= 15 is 0 Å². The van der Waals surface area contributed by atoms with Crippen LogP contribution in [0.1, 0.15) is 12.8 Å². The number of hydrogen-bond acceptors (Lipinski definition) is 2. The van der Waals surface area contributed by atoms with Gasteiger partial charge in [0.15, 0.2) is 0 Å². The van der Waals surface area contributed by atoms with Crippen molar-refractivity contribution in [2.24, 2.45) is 5.92 Å². The molecule has 1 N–H and O–H groups in total. The van der Waals surface area contributed by atoms with E-state index in [0.717, 1.165) is 38.6 Å². The second-order valence-corrected chi connectivity index (χ2v) is 4.47. The van der Waals surface area contributed by atoms with Gasteiger partial charge in [-0.3, -0.25) is 0 Å². The molecule has 1 saturated heterocycles. The Bertz CT molecular complexity index is 199. The highest BCUT2D eigenvalue weighted by Gasteiger charge is 2.19. The van der Waals surface area contributed by atoms with Gasteiger partial charge < -0.3 is 10.1 Å². The van der Waals surface area contributed by atoms with E-state index in [1.807, 2.05) is 0 Å². The molecule has 2 rings (SSSR count). The van der Waals surface area contributed by atoms with Gasteiger partial charge in [-0.1, -0.05) is 11.6 Å². The minimum absolute atomic E-state index is 0.186. The molecule has 2 aliphatic rings. The van der Waals surface area contributed by atoms with E-state index < -0.39 is 0 Å². The highest BCUT2D eigenvalue weighted by atomic mass is 35.5. The van der Waals surface area contributed by atoms with E-state index in [0.29, 0.717) is 0 Å². The molecule has 1 fully saturated rings. The lowest BCUT2D eigenvalue weighted by Crippen LogP contribution is -2.30. The molecule has 0 radical (unpaired) electrons. The van der Waals surface area contributed by atoms with Crippen molar-refractivity contribution >= 4 is 11.6 Å². The molecule has 0 amide bonds. The summed E-state index contributed by atoms with van der Waals surface area (Å²) in [6.45, 7) is 3.80. The van der Waals surface area contributed by atoms with Crippen LogP contribution in [0.2, 0.25) is 0 Å². The van der Waals surface area contributed by atoms with Crippen molar-refractivity contribution in [2.75, 3.05) is 26.3 Å². The van der Waals surface area contributed by atoms with E-state index in [9.17, 15) is 0 Å². The smallest absolute Gasteiger partial charge is 0.0643 e. The molecule has 0 aromatic rings. The van der Waals surface area contributed by atoms with Crippen LogP contribution in [0, 0.1) is 5.92 Å². The third-order valence-electron chi connectivity index (χ3n) is 2.68. The topological polar surface area (TPSA) is 21.3 Å². The molecule has 13 heavy (non-hydrogen) atoms. The lowest BCUT2D eigenvalue weighted by molar-refractivity contribution is 0.185. The van der Waals surface area contributed by atoms with Gasteiger partial charge >= 0.3 is 0 Å². The third kappa shape index (κ3) is 2.70. The predicted molar refractivity (Wildman–Crippen MR) is 54.1 cm³/mol. The van der Waals surface area contributed by atoms with E-state index in [1.54, 1.807) is 0 Å². The zero-order chi connectivity index (χ0) is 9.10. The van der Waals surface area contributed by atoms with Crippen molar-refractivity contribution in [3.8, 4) is 0 Å². The monoisotopic (exact) mass is 201 g/mol. The summed E-state index contributed by atoms with van der Waals surface area (Å²) in [6, 6.07) is 0. The molecule has 2 heterocycles. The van der Waals surface area contributed by atoms with E-state index in [4.69, 9.17) is 16.3 Å². The van der Waals surface area contributed by atoms with Crippen LogP contribution in [-0.2, 0) is 4.74 Å². The molecule has 0 bridgehead atoms. The molecule has 2 nitrogen and oxygen atoms in total. The molecule has 0 aliphatic carbocycles. The van der Waals surface area contributed by atoms with Gasteiger partial charge in [-0.25, -0.2) is 0 Å². The molecular weight excluding hydrogens is 186 g/mol. The average Bonchev–Trinajstić information content (AvgIpc) is 2.57. The Hall–Kier alpha value is -0.0500. The highest BCUT2D eigenvalue weighted by molar-refractivity contribution is 6.22. The van der Waals surface area contributed by atoms with Crippen LogP contribution in [0.25, 0.3) is 0 Å². The summed E-state index contributed by atoms with van der Waals surface area (Å²) < 4.78 is 5.34. The van der Waals surface area contributed by atoms with Gasteiger partial charge in [0, 0.05) is 26.3 Å². The van der Waals surface area contributed by atoms with E-state index in [1.165, 1.54) is 12.0 Å². The fraction of sp³-hybridized carbons (Fsp3) is 0.800. The number of halogens is 1. The Labute approximate surface area is 84.3 Å². The summed E-state index contributed by atoms with van der Waals surface area (Å²) in [5.41, 5.74) is 1.46. The second kappa shape index (κ2) is 4.45. The second-order valence-electron chi connectivity index (χ2n) is 3.91. The van der Waals surface area contributed by atoms with Crippen molar-refractivity contribution < 1.29 is 4.74 Å². The number of nitrogens with one attached hydrogen (secondary N) is 1. The van der Waals surface area contributed by atoms with Gasteiger partial charge in [-0.15, -0.1) is 11.6 Å². The van der Waals surface area contributed by atoms with Crippen LogP contribution in [0.3, 0.4) is 0 Å². The first-order chi connectivity index (χ1) is 6.34. The van der Waals surface area contributed by atoms with Gasteiger partial charge in [-0.05, 0) is 18.8 Å². The van der Waals surface area contributed by atoms with Crippen LogP contribution < -0.4 is 5.32 Å². The highest BCUT2D eigenvalue weighted by Crippen LogP contribution is 2.22. The van der Waals surface area contributed by atoms with Gasteiger partial charge in [0.1, 0.15) is 0 Å². The van der Waals surface area contributed by atoms with Crippen LogP contribution in [0.4, 0.5) is 0 Å². The molecular formula is C10H16ClNO. The zero-order valence-electron chi connectivity index (χ0n) is 7.76. The predicted octanol–water partition coefficient (Wildman–Crippen LogP) is 1.55. The Morgan fingerprint density at radius 2 is 2.54 bits per heavy atom. The minimum Gasteiger partial charge on any atom is -0.381 e. The quantitative estimate of drug-likeness (QED) is 0.541. The molecule has 0 aromatic carbocycles. The standard InChI is InChI=1S/C10H16ClNO/c11-10-4-9(5-12-6-10)3-8-1-2-13-7-8/h4,8,10,12H,1-3,5-7H2. The summed E-state index contributed by atoms with van der Waals surface area (Å²) in [5, 5.41) is 3.50. The Morgan fingerprint density at radius 3 is 3.23 bits per heavy atom. The molecule has 3 heteroatoms. The minimum atomic E-state index is 0.186. The normalized spacial score (nSPS) is 34.7. The van der Waals surface area contributed by atoms with Crippen molar-refractivity contribution in [1.29, 1.82) is 0 Å². The summed E-state index contributed by atoms with van der Waals surface area (Å²) in [4.78, 5) is 0. The van der Waals surface area contributed by atoms with Crippen LogP contribution >= 0.6 is 11.6 Å². The Kier molecular flexibility index (Phi) is 3.25. The van der Waals surface area contributed by atoms with Gasteiger partial charge in [-0.2, -0.15) is 0 Å². The number of alkyl halides is 1. The fourth-order valence-corrected chi connectivity index (χ4v) is 2.29. The van der Waals surface area contributed by atoms with Crippen molar-refractivity contribution in [1.82, 2.24) is 5.32 Å². The number of hydrogen-bond donors (Lipinski definition) is 1. The Balaban J connectivity index is 1.85. The molecule has 2 unspecified atom stereocenters. The molecule has 0 spiro atoms. The summed E-state index contributed by atoms with van der Waals surface area (Å²) >= 11 is 6.03. The number of ether oxygens (including phenoxy) is 1. The van der Waals surface area contributed by atoms with Gasteiger partial charge in [0.2, 0.25) is 0 Å². The van der Waals surface area contributed by atoms with Gasteiger partial charge in [0.25, 0.3) is 0 Å². The maximum absolute atomic E-state index is 6.03. The van der Waals surface area contributed by atoms with Crippen molar-refractivity contribution in [3.63, 3.8) is 0 Å². The first-order valence-corrected chi connectivity index (χ1v) is 5.40. The molecule has 2 atom stereocenters. The van der Waals surface area contributed by atoms with Crippen LogP contribution in [0.15, 0.2) is 11.6 Å². The number of rotatable bonds is 2. The maximum atomic E-state index is 6.03. The van der Waals surface area contributed by atoms with E-state index in [-0.39, 0.29) is 5.38 Å². The largest absolute Gasteiger partial charge is 0.381 e. The van der Waals surface area contributed by atoms with Crippen LogP contribution in [-0.4, -0.2) is 31.7 Å². The first-order valence-electron chi connectivity index (χ1n) is 4.96. The van der Waals surface area contributed by atoms with Crippen molar-refractivity contribution in [3.05, 3.63) is 11.6 Å². The molecule has 0 saturated carbocycles. The lowest BCUT2D eigenvalue weighted by atomic mass is 9.96. The Morgan fingerprint density at radius 1 is 1.62 bits per heavy atom. The maximum Gasteiger partial charge on any atom is 0.0643 e. The molecule has 2 aliphatic heterocycles. The van der Waals surface area contributed by atoms with Crippen molar-refractivity contribution in [2.45, 2.75) is 18.2 Å². The summed E-state index contributed by atoms with van der Waals surface area (Å²) in [5.74, 6) is 0.731. The lowest BCUT2D eigenvalue weighted by Gasteiger charge is -2.19. The van der Waals surface area contributed by atoms with Gasteiger partial charge in [0.05, 0.1) is 5.38 Å². The summed E-state index contributed by atoms with van der Waals surface area (Å²) in [7, 11) is 0. The molecule has 0 aromatic heterocycles. The third-order valence-corrected chi connectivity index (χ3v) is 2.96. The zero-order valence-corrected chi connectivity index (χ0v) is 8.52. The SMILES string of the molecule is ClC1C=C(CC2CCOC2)CNC1.